The van der Waals surface area contributed by atoms with E-state index in [1.807, 2.05) is 0 Å². The van der Waals surface area contributed by atoms with Crippen LogP contribution in [-0.4, -0.2) is 32.9 Å². The maximum absolute atomic E-state index is 13.6. The Labute approximate surface area is 217 Å². The summed E-state index contributed by atoms with van der Waals surface area (Å²) in [5, 5.41) is -1.51. The third kappa shape index (κ3) is 4.19. The zero-order chi connectivity index (χ0) is 26.5. The maximum Gasteiger partial charge on any atom is 0.340 e. The van der Waals surface area contributed by atoms with Crippen molar-refractivity contribution in [3.05, 3.63) is 94.8 Å². The van der Waals surface area contributed by atoms with Gasteiger partial charge in [-0.2, -0.15) is 4.33 Å². The number of carbonyl (C=O) groups excluding carboxylic acids is 2. The van der Waals surface area contributed by atoms with Crippen molar-refractivity contribution in [2.45, 2.75) is 34.5 Å². The molecular formula is C27H21FO7S2. The van der Waals surface area contributed by atoms with Crippen LogP contribution in [-0.2, 0) is 28.6 Å². The Hall–Kier alpha value is -3.31. The van der Waals surface area contributed by atoms with Crippen LogP contribution in [0.5, 0.6) is 0 Å². The number of hydrogen-bond donors (Lipinski definition) is 0. The Morgan fingerprint density at radius 1 is 0.973 bits per heavy atom. The summed E-state index contributed by atoms with van der Waals surface area (Å²) in [6.07, 6.45) is 0. The molecule has 10 heteroatoms. The Kier molecular flexibility index (Phi) is 6.31. The molecule has 0 spiro atoms. The molecule has 0 fully saturated rings. The van der Waals surface area contributed by atoms with Gasteiger partial charge in [-0.05, 0) is 60.9 Å². The zero-order valence-corrected chi connectivity index (χ0v) is 21.6. The maximum atomic E-state index is 13.6. The van der Waals surface area contributed by atoms with Gasteiger partial charge in [0.15, 0.2) is 20.9 Å². The molecule has 2 aliphatic rings. The number of fused-ring (bicyclic) bond motifs is 1. The molecule has 3 aromatic carbocycles. The van der Waals surface area contributed by atoms with Gasteiger partial charge in [-0.3, -0.25) is 4.79 Å². The van der Waals surface area contributed by atoms with Crippen molar-refractivity contribution < 1.29 is 36.4 Å². The van der Waals surface area contributed by atoms with Crippen molar-refractivity contribution >= 4 is 44.8 Å². The molecule has 5 rings (SSSR count). The summed E-state index contributed by atoms with van der Waals surface area (Å²) in [4.78, 5) is 31.3. The number of benzene rings is 3. The highest BCUT2D eigenvalue weighted by Crippen LogP contribution is 2.48. The van der Waals surface area contributed by atoms with Crippen molar-refractivity contribution in [2.24, 2.45) is 0 Å². The van der Waals surface area contributed by atoms with Gasteiger partial charge < -0.3 is 4.74 Å². The lowest BCUT2D eigenvalue weighted by Gasteiger charge is -2.23. The van der Waals surface area contributed by atoms with Gasteiger partial charge in [-0.1, -0.05) is 36.4 Å². The van der Waals surface area contributed by atoms with Crippen molar-refractivity contribution in [3.8, 4) is 0 Å². The van der Waals surface area contributed by atoms with Crippen LogP contribution < -0.4 is 0 Å². The predicted octanol–water partition coefficient (Wildman–Crippen LogP) is 5.37. The molecule has 0 aromatic heterocycles. The largest absolute Gasteiger partial charge is 0.451 e. The zero-order valence-electron chi connectivity index (χ0n) is 20.0. The molecular weight excluding hydrogens is 519 g/mol. The van der Waals surface area contributed by atoms with Gasteiger partial charge >= 0.3 is 5.97 Å². The number of rotatable bonds is 6. The molecule has 3 aromatic rings. The molecule has 0 aliphatic carbocycles. The first kappa shape index (κ1) is 25.3. The van der Waals surface area contributed by atoms with Crippen molar-refractivity contribution in [2.75, 3.05) is 7.11 Å². The molecule has 37 heavy (non-hydrogen) atoms. The van der Waals surface area contributed by atoms with E-state index in [0.717, 1.165) is 12.0 Å². The molecule has 0 amide bonds. The number of cyclic esters (lactones) is 1. The van der Waals surface area contributed by atoms with Crippen LogP contribution in [0.2, 0.25) is 0 Å². The SMILES string of the molecule is COOSc1ccc(C2=C(c3ccc(F)cc3)C(=O)OC2(C)C)cc1C1C(=O)c2ccccc2S1(=O)=O. The number of Topliss-reactive ketones (excluding diaryl/α,β-unsaturated/α-hetero) is 1. The summed E-state index contributed by atoms with van der Waals surface area (Å²) in [7, 11) is -2.76. The van der Waals surface area contributed by atoms with Crippen molar-refractivity contribution in [1.29, 1.82) is 0 Å². The summed E-state index contributed by atoms with van der Waals surface area (Å²) in [5.74, 6) is -1.60. The molecule has 190 valence electrons. The first-order chi connectivity index (χ1) is 17.6. The van der Waals surface area contributed by atoms with E-state index in [4.69, 9.17) is 9.07 Å². The Bertz CT molecular complexity index is 1570. The molecule has 2 aliphatic heterocycles. The minimum atomic E-state index is -4.06. The van der Waals surface area contributed by atoms with Gasteiger partial charge in [-0.15, -0.1) is 0 Å². The van der Waals surface area contributed by atoms with Gasteiger partial charge in [0.25, 0.3) is 0 Å². The second kappa shape index (κ2) is 9.21. The fraction of sp³-hybridized carbons (Fsp3) is 0.185. The molecule has 0 radical (unpaired) electrons. The normalized spacial score (nSPS) is 19.7. The van der Waals surface area contributed by atoms with Crippen molar-refractivity contribution in [1.82, 2.24) is 0 Å². The van der Waals surface area contributed by atoms with E-state index in [0.29, 0.717) is 21.6 Å². The molecule has 0 saturated heterocycles. The Morgan fingerprint density at radius 2 is 1.65 bits per heavy atom. The quantitative estimate of drug-likeness (QED) is 0.178. The fourth-order valence-corrected chi connectivity index (χ4v) is 7.35. The highest BCUT2D eigenvalue weighted by atomic mass is 32.2. The van der Waals surface area contributed by atoms with E-state index in [-0.39, 0.29) is 21.6 Å². The molecule has 0 bridgehead atoms. The average molecular weight is 541 g/mol. The van der Waals surface area contributed by atoms with E-state index in [9.17, 15) is 22.4 Å². The van der Waals surface area contributed by atoms with E-state index < -0.39 is 38.3 Å². The van der Waals surface area contributed by atoms with Crippen LogP contribution in [0.4, 0.5) is 4.39 Å². The summed E-state index contributed by atoms with van der Waals surface area (Å²) in [6.45, 7) is 3.42. The minimum absolute atomic E-state index is 0.0371. The van der Waals surface area contributed by atoms with Crippen LogP contribution in [0.15, 0.2) is 76.5 Å². The van der Waals surface area contributed by atoms with E-state index in [1.54, 1.807) is 44.2 Å². The summed E-state index contributed by atoms with van der Waals surface area (Å²) in [6, 6.07) is 16.4. The highest BCUT2D eigenvalue weighted by molar-refractivity contribution is 7.95. The van der Waals surface area contributed by atoms with Crippen LogP contribution >= 0.6 is 12.0 Å². The Balaban J connectivity index is 1.74. The molecule has 0 saturated carbocycles. The highest BCUT2D eigenvalue weighted by Gasteiger charge is 2.47. The van der Waals surface area contributed by atoms with Gasteiger partial charge in [0.2, 0.25) is 0 Å². The number of halogens is 1. The number of hydrogen-bond acceptors (Lipinski definition) is 8. The van der Waals surface area contributed by atoms with Crippen molar-refractivity contribution in [3.63, 3.8) is 0 Å². The van der Waals surface area contributed by atoms with Crippen LogP contribution in [0.1, 0.15) is 46.1 Å². The molecule has 7 nitrogen and oxygen atoms in total. The van der Waals surface area contributed by atoms with Crippen LogP contribution in [0.3, 0.4) is 0 Å². The molecule has 1 atom stereocenters. The second-order valence-corrected chi connectivity index (χ2v) is 11.8. The number of ether oxygens (including phenoxy) is 1. The summed E-state index contributed by atoms with van der Waals surface area (Å²) >= 11 is 0.771. The van der Waals surface area contributed by atoms with E-state index in [1.165, 1.54) is 43.5 Å². The van der Waals surface area contributed by atoms with E-state index in [2.05, 4.69) is 4.89 Å². The lowest BCUT2D eigenvalue weighted by Crippen LogP contribution is -2.22. The number of sulfone groups is 1. The summed E-state index contributed by atoms with van der Waals surface area (Å²) < 4.78 is 51.3. The molecule has 2 heterocycles. The Morgan fingerprint density at radius 3 is 2.32 bits per heavy atom. The number of ketones is 1. The number of carbonyl (C=O) groups is 2. The monoisotopic (exact) mass is 540 g/mol. The minimum Gasteiger partial charge on any atom is -0.451 e. The molecule has 1 unspecified atom stereocenters. The standard InChI is InChI=1S/C27H21FO7S2/c1-27(2)23(22(26(30)34-27)15-8-11-17(28)12-9-15)16-10-13-20(36-35-33-3)19(14-16)25-24(29)18-6-4-5-7-21(18)37(25,31)32/h4-14,25H,1-3H3. The average Bonchev–Trinajstić information content (AvgIpc) is 3.22. The third-order valence-electron chi connectivity index (χ3n) is 6.32. The predicted molar refractivity (Wildman–Crippen MR) is 134 cm³/mol. The first-order valence-electron chi connectivity index (χ1n) is 11.2. The number of esters is 1. The first-order valence-corrected chi connectivity index (χ1v) is 13.5. The van der Waals surface area contributed by atoms with E-state index >= 15 is 0 Å². The second-order valence-electron chi connectivity index (χ2n) is 9.01. The third-order valence-corrected chi connectivity index (χ3v) is 9.13. The van der Waals surface area contributed by atoms with Gasteiger partial charge in [0.05, 0.1) is 29.6 Å². The molecule has 0 N–H and O–H groups in total. The fourth-order valence-electron chi connectivity index (χ4n) is 4.80. The van der Waals surface area contributed by atoms with Gasteiger partial charge in [0.1, 0.15) is 11.4 Å². The van der Waals surface area contributed by atoms with Gasteiger partial charge in [-0.25, -0.2) is 22.5 Å². The smallest absolute Gasteiger partial charge is 0.340 e. The lowest BCUT2D eigenvalue weighted by atomic mass is 9.86. The lowest BCUT2D eigenvalue weighted by molar-refractivity contribution is -0.160. The van der Waals surface area contributed by atoms with Crippen LogP contribution in [0, 0.1) is 5.82 Å². The van der Waals surface area contributed by atoms with Gasteiger partial charge in [0, 0.05) is 16.0 Å². The van der Waals surface area contributed by atoms with Crippen LogP contribution in [0.25, 0.3) is 11.1 Å². The summed E-state index contributed by atoms with van der Waals surface area (Å²) in [5.41, 5.74) is 0.854. The topological polar surface area (TPSA) is 96.0 Å².